The van der Waals surface area contributed by atoms with Crippen LogP contribution in [0.4, 0.5) is 0 Å². The minimum Gasteiger partial charge on any atom is -0.461 e. The number of nitrogens with zero attached hydrogens (tertiary/aromatic N) is 3. The molecule has 0 bridgehead atoms. The van der Waals surface area contributed by atoms with Crippen LogP contribution in [0.15, 0.2) is 17.7 Å². The molecule has 2 atom stereocenters. The van der Waals surface area contributed by atoms with Gasteiger partial charge in [0.15, 0.2) is 5.69 Å². The second-order valence-corrected chi connectivity index (χ2v) is 6.55. The summed E-state index contributed by atoms with van der Waals surface area (Å²) in [6.45, 7) is 6.48. The van der Waals surface area contributed by atoms with Crippen molar-refractivity contribution in [3.63, 3.8) is 0 Å². The Morgan fingerprint density at radius 1 is 1.50 bits per heavy atom. The number of hydrogen-bond acceptors (Lipinski definition) is 6. The lowest BCUT2D eigenvalue weighted by atomic mass is 10.1. The molecule has 1 amide bonds. The maximum atomic E-state index is 11.9. The monoisotopic (exact) mass is 407 g/mol. The normalized spacial score (nSPS) is 17.2. The number of carbonyl (C=O) groups is 2. The third-order valence-corrected chi connectivity index (χ3v) is 4.17. The van der Waals surface area contributed by atoms with Crippen LogP contribution >= 0.6 is 11.6 Å². The number of halogens is 1. The van der Waals surface area contributed by atoms with E-state index in [1.54, 1.807) is 18.9 Å². The van der Waals surface area contributed by atoms with E-state index in [4.69, 9.17) is 21.4 Å². The van der Waals surface area contributed by atoms with Crippen molar-refractivity contribution in [1.29, 1.82) is 0 Å². The van der Waals surface area contributed by atoms with Crippen molar-refractivity contribution in [3.05, 3.63) is 34.4 Å². The summed E-state index contributed by atoms with van der Waals surface area (Å²) < 4.78 is 4.95. The Kier molecular flexibility index (Phi) is 9.63. The van der Waals surface area contributed by atoms with Gasteiger partial charge in [-0.25, -0.2) is 14.8 Å². The summed E-state index contributed by atoms with van der Waals surface area (Å²) in [5.41, 5.74) is 0.937. The average molecular weight is 408 g/mol. The third kappa shape index (κ3) is 6.63. The van der Waals surface area contributed by atoms with Crippen molar-refractivity contribution in [1.82, 2.24) is 14.9 Å². The zero-order chi connectivity index (χ0) is 21.3. The Morgan fingerprint density at radius 3 is 2.75 bits per heavy atom. The van der Waals surface area contributed by atoms with E-state index in [2.05, 4.69) is 21.8 Å². The van der Waals surface area contributed by atoms with Gasteiger partial charge in [-0.15, -0.1) is 0 Å². The summed E-state index contributed by atoms with van der Waals surface area (Å²) in [7, 11) is 2.78. The molecule has 0 aromatic carbocycles. The molecular formula is C20H26ClN3O4. The molecule has 8 heteroatoms. The second kappa shape index (κ2) is 11.4. The van der Waals surface area contributed by atoms with Crippen LogP contribution in [0.2, 0.25) is 5.15 Å². The number of amides is 1. The van der Waals surface area contributed by atoms with Gasteiger partial charge < -0.3 is 14.7 Å². The molecule has 2 rings (SSSR count). The molecule has 152 valence electrons. The molecule has 1 aliphatic heterocycles. The summed E-state index contributed by atoms with van der Waals surface area (Å²) in [6, 6.07) is 1.38. The summed E-state index contributed by atoms with van der Waals surface area (Å²) in [6.07, 6.45) is 2.64. The summed E-state index contributed by atoms with van der Waals surface area (Å²) in [5.74, 6) is 5.57. The molecule has 28 heavy (non-hydrogen) atoms. The van der Waals surface area contributed by atoms with E-state index in [1.807, 2.05) is 19.9 Å². The van der Waals surface area contributed by atoms with E-state index in [9.17, 15) is 9.59 Å². The number of ether oxygens (including phenoxy) is 1. The highest BCUT2D eigenvalue weighted by Gasteiger charge is 2.27. The van der Waals surface area contributed by atoms with Crippen LogP contribution in [0.1, 0.15) is 49.4 Å². The van der Waals surface area contributed by atoms with Gasteiger partial charge >= 0.3 is 5.97 Å². The first kappa shape index (κ1) is 23.6. The lowest BCUT2D eigenvalue weighted by Gasteiger charge is -2.08. The van der Waals surface area contributed by atoms with Crippen molar-refractivity contribution in [2.24, 2.45) is 5.92 Å². The average Bonchev–Trinajstić information content (AvgIpc) is 2.99. The zero-order valence-corrected chi connectivity index (χ0v) is 17.6. The fourth-order valence-corrected chi connectivity index (χ4v) is 2.79. The van der Waals surface area contributed by atoms with E-state index < -0.39 is 5.97 Å². The predicted molar refractivity (Wildman–Crippen MR) is 107 cm³/mol. The Hall–Kier alpha value is -2.43. The maximum absolute atomic E-state index is 11.9. The predicted octanol–water partition coefficient (Wildman–Crippen LogP) is 2.45. The fourth-order valence-electron chi connectivity index (χ4n) is 2.60. The number of aromatic nitrogens is 2. The van der Waals surface area contributed by atoms with Crippen molar-refractivity contribution >= 4 is 23.5 Å². The molecule has 1 aliphatic rings. The first-order chi connectivity index (χ1) is 13.3. The van der Waals surface area contributed by atoms with Crippen LogP contribution in [-0.2, 0) is 9.53 Å². The van der Waals surface area contributed by atoms with Crippen molar-refractivity contribution < 1.29 is 19.4 Å². The maximum Gasteiger partial charge on any atom is 0.357 e. The molecule has 1 saturated heterocycles. The van der Waals surface area contributed by atoms with Crippen LogP contribution < -0.4 is 0 Å². The van der Waals surface area contributed by atoms with E-state index >= 15 is 0 Å². The highest BCUT2D eigenvalue weighted by molar-refractivity contribution is 6.29. The minimum atomic E-state index is -0.533. The van der Waals surface area contributed by atoms with E-state index in [-0.39, 0.29) is 35.2 Å². The number of esters is 1. The van der Waals surface area contributed by atoms with Gasteiger partial charge in [-0.3, -0.25) is 4.79 Å². The smallest absolute Gasteiger partial charge is 0.357 e. The number of likely N-dealkylation sites (tertiary alicyclic amines) is 1. The summed E-state index contributed by atoms with van der Waals surface area (Å²) in [5, 5.41) is 7.18. The number of aliphatic hydroxyl groups excluding tert-OH is 1. The Balaban J connectivity index is 0.00000190. The molecule has 0 radical (unpaired) electrons. The lowest BCUT2D eigenvalue weighted by Crippen LogP contribution is -2.21. The zero-order valence-electron chi connectivity index (χ0n) is 16.8. The molecule has 0 saturated carbocycles. The van der Waals surface area contributed by atoms with Gasteiger partial charge in [-0.05, 0) is 25.8 Å². The topological polar surface area (TPSA) is 92.6 Å². The van der Waals surface area contributed by atoms with Gasteiger partial charge in [0.1, 0.15) is 16.9 Å². The second-order valence-electron chi connectivity index (χ2n) is 6.16. The largest absolute Gasteiger partial charge is 0.461 e. The van der Waals surface area contributed by atoms with Crippen LogP contribution in [0, 0.1) is 17.8 Å². The number of carbonyl (C=O) groups excluding carboxylic acids is 2. The minimum absolute atomic E-state index is 0.0654. The Bertz CT molecular complexity index is 798. The van der Waals surface area contributed by atoms with Crippen LogP contribution in [-0.4, -0.2) is 59.2 Å². The third-order valence-electron chi connectivity index (χ3n) is 3.98. The lowest BCUT2D eigenvalue weighted by molar-refractivity contribution is -0.128. The van der Waals surface area contributed by atoms with E-state index in [1.165, 1.54) is 6.07 Å². The van der Waals surface area contributed by atoms with Crippen molar-refractivity contribution in [3.8, 4) is 11.8 Å². The quantitative estimate of drug-likeness (QED) is 0.468. The number of hydrogen-bond donors (Lipinski definition) is 1. The summed E-state index contributed by atoms with van der Waals surface area (Å²) in [4.78, 5) is 33.9. The molecule has 0 spiro atoms. The van der Waals surface area contributed by atoms with Crippen LogP contribution in [0.3, 0.4) is 0 Å². The van der Waals surface area contributed by atoms with Crippen LogP contribution in [0.25, 0.3) is 0 Å². The highest BCUT2D eigenvalue weighted by atomic mass is 35.5. The Labute approximate surface area is 170 Å². The van der Waals surface area contributed by atoms with Crippen LogP contribution in [0.5, 0.6) is 0 Å². The molecule has 1 aromatic rings. The van der Waals surface area contributed by atoms with Crippen molar-refractivity contribution in [2.75, 3.05) is 27.3 Å². The Morgan fingerprint density at radius 2 is 2.18 bits per heavy atom. The number of aliphatic hydroxyl groups is 1. The SMILES string of the molecule is CCOC(=O)c1cc(Cl)nc(C(C)/C=C(\C)C#CC2CCN(C)C2=O)n1.CO. The first-order valence-corrected chi connectivity index (χ1v) is 9.30. The van der Waals surface area contributed by atoms with Gasteiger partial charge in [-0.2, -0.15) is 0 Å². The van der Waals surface area contributed by atoms with Gasteiger partial charge in [0.2, 0.25) is 5.91 Å². The van der Waals surface area contributed by atoms with Gasteiger partial charge in [0.05, 0.1) is 6.61 Å². The number of rotatable bonds is 4. The molecule has 2 unspecified atom stereocenters. The molecule has 2 heterocycles. The first-order valence-electron chi connectivity index (χ1n) is 8.93. The van der Waals surface area contributed by atoms with Gasteiger partial charge in [0.25, 0.3) is 0 Å². The summed E-state index contributed by atoms with van der Waals surface area (Å²) >= 11 is 6.00. The molecular weight excluding hydrogens is 382 g/mol. The van der Waals surface area contributed by atoms with Crippen molar-refractivity contribution in [2.45, 2.75) is 33.1 Å². The van der Waals surface area contributed by atoms with E-state index in [0.29, 0.717) is 5.82 Å². The molecule has 7 nitrogen and oxygen atoms in total. The molecule has 0 aliphatic carbocycles. The van der Waals surface area contributed by atoms with Gasteiger partial charge in [0, 0.05) is 32.7 Å². The van der Waals surface area contributed by atoms with E-state index in [0.717, 1.165) is 25.6 Å². The number of allylic oxidation sites excluding steroid dienone is 2. The van der Waals surface area contributed by atoms with Gasteiger partial charge in [-0.1, -0.05) is 36.4 Å². The standard InChI is InChI=1S/C19H22ClN3O3.CH4O/c1-5-26-19(25)15-11-16(20)22-17(21-15)13(3)10-12(2)6-7-14-8-9-23(4)18(14)24;1-2/h10-11,13-14H,5,8-9H2,1-4H3;2H,1H3/b12-10+;. The molecule has 1 fully saturated rings. The highest BCUT2D eigenvalue weighted by Crippen LogP contribution is 2.19. The fraction of sp³-hybridized carbons (Fsp3) is 0.500. The molecule has 1 N–H and O–H groups in total. The molecule has 1 aromatic heterocycles.